The molecule has 1 fully saturated rings. The smallest absolute Gasteiger partial charge is 0.410 e. The number of carbonyl (C=O) groups is 1. The van der Waals surface area contributed by atoms with Crippen LogP contribution >= 0.6 is 11.8 Å². The standard InChI is InChI=1S/C17H34N2O3S/c1-12(18-13(2)15(11-20)23-6)10-14-8-7-9-19(14)16(21)22-17(3,4)5/h12-15,18,20H,7-11H2,1-6H3. The topological polar surface area (TPSA) is 61.8 Å². The van der Waals surface area contributed by atoms with Gasteiger partial charge in [0.15, 0.2) is 0 Å². The molecule has 1 aliphatic heterocycles. The van der Waals surface area contributed by atoms with Gasteiger partial charge in [0.25, 0.3) is 0 Å². The lowest BCUT2D eigenvalue weighted by Gasteiger charge is -2.31. The highest BCUT2D eigenvalue weighted by Gasteiger charge is 2.33. The highest BCUT2D eigenvalue weighted by Crippen LogP contribution is 2.24. The first-order valence-corrected chi connectivity index (χ1v) is 9.86. The van der Waals surface area contributed by atoms with Crippen molar-refractivity contribution in [3.63, 3.8) is 0 Å². The maximum Gasteiger partial charge on any atom is 0.410 e. The largest absolute Gasteiger partial charge is 0.444 e. The van der Waals surface area contributed by atoms with Crippen LogP contribution in [0.15, 0.2) is 0 Å². The normalized spacial score (nSPS) is 22.7. The minimum absolute atomic E-state index is 0.176. The molecular formula is C17H34N2O3S. The molecule has 1 heterocycles. The third-order valence-corrected chi connectivity index (χ3v) is 5.38. The minimum atomic E-state index is -0.449. The van der Waals surface area contributed by atoms with Crippen LogP contribution in [0.5, 0.6) is 0 Å². The van der Waals surface area contributed by atoms with E-state index in [1.54, 1.807) is 11.8 Å². The summed E-state index contributed by atoms with van der Waals surface area (Å²) >= 11 is 1.68. The lowest BCUT2D eigenvalue weighted by atomic mass is 10.0. The van der Waals surface area contributed by atoms with Crippen molar-refractivity contribution in [2.24, 2.45) is 0 Å². The molecule has 2 N–H and O–H groups in total. The van der Waals surface area contributed by atoms with Crippen molar-refractivity contribution in [2.45, 2.75) is 82.9 Å². The molecule has 0 saturated carbocycles. The molecule has 1 rings (SSSR count). The van der Waals surface area contributed by atoms with Crippen molar-refractivity contribution in [3.8, 4) is 0 Å². The van der Waals surface area contributed by atoms with Crippen molar-refractivity contribution in [3.05, 3.63) is 0 Å². The lowest BCUT2D eigenvalue weighted by Crippen LogP contribution is -2.46. The molecule has 23 heavy (non-hydrogen) atoms. The Morgan fingerprint density at radius 3 is 2.61 bits per heavy atom. The molecule has 4 atom stereocenters. The van der Waals surface area contributed by atoms with E-state index < -0.39 is 5.60 Å². The number of aliphatic hydroxyl groups excluding tert-OH is 1. The number of carbonyl (C=O) groups excluding carboxylic acids is 1. The van der Waals surface area contributed by atoms with Crippen molar-refractivity contribution in [2.75, 3.05) is 19.4 Å². The summed E-state index contributed by atoms with van der Waals surface area (Å²) in [6.07, 6.45) is 4.81. The maximum absolute atomic E-state index is 12.3. The molecular weight excluding hydrogens is 312 g/mol. The molecule has 0 aromatic carbocycles. The van der Waals surface area contributed by atoms with Crippen molar-refractivity contribution >= 4 is 17.9 Å². The van der Waals surface area contributed by atoms with Crippen LogP contribution in [0, 0.1) is 0 Å². The predicted octanol–water partition coefficient (Wildman–Crippen LogP) is 2.87. The maximum atomic E-state index is 12.3. The van der Waals surface area contributed by atoms with E-state index in [0.29, 0.717) is 6.04 Å². The second kappa shape index (κ2) is 9.14. The van der Waals surface area contributed by atoms with Crippen LogP contribution in [-0.2, 0) is 4.74 Å². The van der Waals surface area contributed by atoms with Gasteiger partial charge in [0.2, 0.25) is 0 Å². The van der Waals surface area contributed by atoms with Crippen molar-refractivity contribution in [1.82, 2.24) is 10.2 Å². The van der Waals surface area contributed by atoms with Crippen LogP contribution in [0.25, 0.3) is 0 Å². The minimum Gasteiger partial charge on any atom is -0.444 e. The number of aliphatic hydroxyl groups is 1. The van der Waals surface area contributed by atoms with Gasteiger partial charge in [-0.1, -0.05) is 0 Å². The summed E-state index contributed by atoms with van der Waals surface area (Å²) in [4.78, 5) is 14.2. The van der Waals surface area contributed by atoms with E-state index >= 15 is 0 Å². The highest BCUT2D eigenvalue weighted by molar-refractivity contribution is 7.99. The molecule has 136 valence electrons. The van der Waals surface area contributed by atoms with E-state index in [1.165, 1.54) is 0 Å². The number of likely N-dealkylation sites (tertiary alicyclic amines) is 1. The van der Waals surface area contributed by atoms with Gasteiger partial charge in [-0.05, 0) is 60.1 Å². The molecule has 1 aliphatic rings. The van der Waals surface area contributed by atoms with Crippen molar-refractivity contribution in [1.29, 1.82) is 0 Å². The fraction of sp³-hybridized carbons (Fsp3) is 0.941. The second-order valence-corrected chi connectivity index (χ2v) is 8.60. The van der Waals surface area contributed by atoms with Gasteiger partial charge in [0.1, 0.15) is 5.60 Å². The van der Waals surface area contributed by atoms with Gasteiger partial charge in [-0.25, -0.2) is 4.79 Å². The number of nitrogens with zero attached hydrogens (tertiary/aromatic N) is 1. The number of ether oxygens (including phenoxy) is 1. The number of hydrogen-bond donors (Lipinski definition) is 2. The molecule has 1 amide bonds. The zero-order valence-electron chi connectivity index (χ0n) is 15.5. The summed E-state index contributed by atoms with van der Waals surface area (Å²) in [6, 6.07) is 0.766. The average Bonchev–Trinajstić information content (AvgIpc) is 2.86. The van der Waals surface area contributed by atoms with Gasteiger partial charge in [-0.3, -0.25) is 0 Å². The number of nitrogens with one attached hydrogen (secondary N) is 1. The van der Waals surface area contributed by atoms with E-state index in [0.717, 1.165) is 25.8 Å². The number of hydrogen-bond acceptors (Lipinski definition) is 5. The Bertz CT molecular complexity index is 369. The Hall–Kier alpha value is -0.460. The van der Waals surface area contributed by atoms with Crippen LogP contribution in [0.4, 0.5) is 4.79 Å². The van der Waals surface area contributed by atoms with E-state index in [1.807, 2.05) is 31.9 Å². The van der Waals surface area contributed by atoms with Gasteiger partial charge < -0.3 is 20.1 Å². The molecule has 1 saturated heterocycles. The molecule has 0 bridgehead atoms. The predicted molar refractivity (Wildman–Crippen MR) is 97.0 cm³/mol. The van der Waals surface area contributed by atoms with E-state index in [4.69, 9.17) is 4.74 Å². The van der Waals surface area contributed by atoms with Crippen LogP contribution in [0.3, 0.4) is 0 Å². The van der Waals surface area contributed by atoms with E-state index in [-0.39, 0.29) is 30.0 Å². The second-order valence-electron chi connectivity index (χ2n) is 7.52. The van der Waals surface area contributed by atoms with Crippen LogP contribution in [-0.4, -0.2) is 64.5 Å². The SMILES string of the molecule is CSC(CO)C(C)NC(C)CC1CCCN1C(=O)OC(C)(C)C. The van der Waals surface area contributed by atoms with Gasteiger partial charge in [-0.2, -0.15) is 11.8 Å². The first-order valence-electron chi connectivity index (χ1n) is 8.57. The van der Waals surface area contributed by atoms with Gasteiger partial charge in [-0.15, -0.1) is 0 Å². The van der Waals surface area contributed by atoms with Crippen LogP contribution < -0.4 is 5.32 Å². The van der Waals surface area contributed by atoms with E-state index in [2.05, 4.69) is 19.2 Å². The molecule has 0 aromatic heterocycles. The summed E-state index contributed by atoms with van der Waals surface area (Å²) in [5, 5.41) is 13.1. The average molecular weight is 347 g/mol. The molecule has 0 aromatic rings. The lowest BCUT2D eigenvalue weighted by molar-refractivity contribution is 0.0214. The Morgan fingerprint density at radius 2 is 2.09 bits per heavy atom. The Balaban J connectivity index is 2.52. The Kier molecular flexibility index (Phi) is 8.18. The molecule has 4 unspecified atom stereocenters. The quantitative estimate of drug-likeness (QED) is 0.742. The number of rotatable bonds is 7. The molecule has 0 spiro atoms. The summed E-state index contributed by atoms with van der Waals surface area (Å²) < 4.78 is 5.52. The van der Waals surface area contributed by atoms with Crippen molar-refractivity contribution < 1.29 is 14.6 Å². The van der Waals surface area contributed by atoms with Crippen LogP contribution in [0.2, 0.25) is 0 Å². The summed E-state index contributed by atoms with van der Waals surface area (Å²) in [5.74, 6) is 0. The summed E-state index contributed by atoms with van der Waals surface area (Å²) in [7, 11) is 0. The number of amides is 1. The summed E-state index contributed by atoms with van der Waals surface area (Å²) in [6.45, 7) is 10.9. The van der Waals surface area contributed by atoms with E-state index in [9.17, 15) is 9.90 Å². The molecule has 5 nitrogen and oxygen atoms in total. The van der Waals surface area contributed by atoms with Gasteiger partial charge >= 0.3 is 6.09 Å². The molecule has 0 aliphatic carbocycles. The van der Waals surface area contributed by atoms with Gasteiger partial charge in [0, 0.05) is 29.9 Å². The monoisotopic (exact) mass is 346 g/mol. The molecule has 0 radical (unpaired) electrons. The fourth-order valence-corrected chi connectivity index (χ4v) is 3.75. The van der Waals surface area contributed by atoms with Crippen LogP contribution in [0.1, 0.15) is 53.9 Å². The highest BCUT2D eigenvalue weighted by atomic mass is 32.2. The molecule has 6 heteroatoms. The first kappa shape index (κ1) is 20.6. The van der Waals surface area contributed by atoms with Gasteiger partial charge in [0.05, 0.1) is 6.61 Å². The Labute approximate surface area is 145 Å². The summed E-state index contributed by atoms with van der Waals surface area (Å²) in [5.41, 5.74) is -0.449. The first-order chi connectivity index (χ1) is 10.7. The fourth-order valence-electron chi connectivity index (χ4n) is 3.11. The zero-order chi connectivity index (χ0) is 17.6. The third-order valence-electron chi connectivity index (χ3n) is 4.22. The third kappa shape index (κ3) is 6.89. The number of thioether (sulfide) groups is 1. The Morgan fingerprint density at radius 1 is 1.43 bits per heavy atom. The zero-order valence-corrected chi connectivity index (χ0v) is 16.3.